The Morgan fingerprint density at radius 3 is 2.90 bits per heavy atom. The fraction of sp³-hybridized carbons (Fsp3) is 0. The van der Waals surface area contributed by atoms with Crippen LogP contribution in [0.3, 0.4) is 0 Å². The topological polar surface area (TPSA) is 51.8 Å². The zero-order valence-electron chi connectivity index (χ0n) is 5.11. The third-order valence-corrected chi connectivity index (χ3v) is 2.45. The molecule has 0 aliphatic rings. The van der Waals surface area contributed by atoms with Crippen molar-refractivity contribution in [2.75, 3.05) is 5.73 Å². The van der Waals surface area contributed by atoms with Crippen LogP contribution in [0.15, 0.2) is 18.2 Å². The molecule has 1 aromatic heterocycles. The van der Waals surface area contributed by atoms with Crippen molar-refractivity contribution < 1.29 is 0 Å². The number of benzene rings is 1. The van der Waals surface area contributed by atoms with Gasteiger partial charge in [-0.3, -0.25) is 0 Å². The molecule has 0 atom stereocenters. The van der Waals surface area contributed by atoms with E-state index in [1.165, 1.54) is 0 Å². The number of hydrogen-bond donors (Lipinski definition) is 1. The van der Waals surface area contributed by atoms with Gasteiger partial charge in [0.15, 0.2) is 0 Å². The van der Waals surface area contributed by atoms with Crippen molar-refractivity contribution in [3.05, 3.63) is 18.2 Å². The zero-order chi connectivity index (χ0) is 6.97. The number of nitrogens with two attached hydrogens (primary N) is 1. The van der Waals surface area contributed by atoms with Crippen molar-refractivity contribution in [2.45, 2.75) is 0 Å². The van der Waals surface area contributed by atoms with Crippen LogP contribution in [0.25, 0.3) is 11.0 Å². The van der Waals surface area contributed by atoms with E-state index < -0.39 is 0 Å². The van der Waals surface area contributed by atoms with Crippen molar-refractivity contribution in [3.63, 3.8) is 0 Å². The summed E-state index contributed by atoms with van der Waals surface area (Å²) in [5.74, 6) is 0. The fourth-order valence-corrected chi connectivity index (χ4v) is 1.88. The zero-order valence-corrected chi connectivity index (χ0v) is 6.83. The van der Waals surface area contributed by atoms with E-state index >= 15 is 0 Å². The number of rotatable bonds is 0. The number of anilines is 1. The SMILES string of the molecule is Nc1ccc2n[se]nc2c1. The van der Waals surface area contributed by atoms with Crippen LogP contribution in [-0.4, -0.2) is 22.9 Å². The minimum absolute atomic E-state index is 0.0656. The third-order valence-electron chi connectivity index (χ3n) is 1.28. The summed E-state index contributed by atoms with van der Waals surface area (Å²) in [6.07, 6.45) is 0. The van der Waals surface area contributed by atoms with E-state index in [1.807, 2.05) is 18.2 Å². The number of nitrogen functional groups attached to an aromatic ring is 1. The molecule has 1 heterocycles. The average Bonchev–Trinajstić information content (AvgIpc) is 2.33. The van der Waals surface area contributed by atoms with Gasteiger partial charge in [0.1, 0.15) is 0 Å². The van der Waals surface area contributed by atoms with Crippen LogP contribution >= 0.6 is 0 Å². The molecule has 0 radical (unpaired) electrons. The molecule has 0 amide bonds. The molecule has 2 rings (SSSR count). The van der Waals surface area contributed by atoms with Crippen molar-refractivity contribution in [1.29, 1.82) is 0 Å². The molecular weight excluding hydrogens is 193 g/mol. The molecule has 1 aromatic carbocycles. The quantitative estimate of drug-likeness (QED) is 0.488. The predicted octanol–water partition coefficient (Wildman–Crippen LogP) is 0.269. The van der Waals surface area contributed by atoms with E-state index in [4.69, 9.17) is 5.73 Å². The van der Waals surface area contributed by atoms with Gasteiger partial charge in [-0.05, 0) is 0 Å². The van der Waals surface area contributed by atoms with Crippen LogP contribution in [0, 0.1) is 0 Å². The number of hydrogen-bond acceptors (Lipinski definition) is 3. The van der Waals surface area contributed by atoms with Gasteiger partial charge in [-0.2, -0.15) is 0 Å². The Labute approximate surface area is 64.1 Å². The van der Waals surface area contributed by atoms with E-state index in [0.717, 1.165) is 16.7 Å². The molecule has 0 bridgehead atoms. The second-order valence-electron chi connectivity index (χ2n) is 2.01. The summed E-state index contributed by atoms with van der Waals surface area (Å²) in [7, 11) is 0. The van der Waals surface area contributed by atoms with Crippen molar-refractivity contribution in [2.24, 2.45) is 0 Å². The standard InChI is InChI=1S/C6H5N3Se/c7-4-1-2-5-6(3-4)9-10-8-5/h1-3H,7H2. The van der Waals surface area contributed by atoms with Gasteiger partial charge in [-0.25, -0.2) is 0 Å². The molecule has 0 unspecified atom stereocenters. The molecule has 0 aliphatic carbocycles. The molecule has 50 valence electrons. The van der Waals surface area contributed by atoms with Gasteiger partial charge in [-0.1, -0.05) is 0 Å². The first-order valence-corrected chi connectivity index (χ1v) is 4.37. The first-order chi connectivity index (χ1) is 4.86. The van der Waals surface area contributed by atoms with Crippen LogP contribution in [0.4, 0.5) is 5.69 Å². The Balaban J connectivity index is 2.86. The molecule has 0 aliphatic heterocycles. The van der Waals surface area contributed by atoms with Crippen molar-refractivity contribution in [3.8, 4) is 0 Å². The van der Waals surface area contributed by atoms with E-state index in [1.54, 1.807) is 0 Å². The second kappa shape index (κ2) is 2.08. The fourth-order valence-electron chi connectivity index (χ4n) is 0.799. The third kappa shape index (κ3) is 0.818. The molecule has 0 saturated heterocycles. The summed E-state index contributed by atoms with van der Waals surface area (Å²) < 4.78 is 8.36. The van der Waals surface area contributed by atoms with Gasteiger partial charge in [0, 0.05) is 0 Å². The van der Waals surface area contributed by atoms with Crippen LogP contribution in [0.1, 0.15) is 0 Å². The van der Waals surface area contributed by atoms with Gasteiger partial charge < -0.3 is 0 Å². The maximum atomic E-state index is 5.54. The van der Waals surface area contributed by atoms with Gasteiger partial charge in [0.05, 0.1) is 0 Å². The van der Waals surface area contributed by atoms with Gasteiger partial charge >= 0.3 is 63.6 Å². The normalized spacial score (nSPS) is 10.4. The summed E-state index contributed by atoms with van der Waals surface area (Å²) in [5.41, 5.74) is 8.22. The molecule has 10 heavy (non-hydrogen) atoms. The molecule has 3 nitrogen and oxygen atoms in total. The Morgan fingerprint density at radius 1 is 1.20 bits per heavy atom. The van der Waals surface area contributed by atoms with Gasteiger partial charge in [-0.15, -0.1) is 0 Å². The Morgan fingerprint density at radius 2 is 2.00 bits per heavy atom. The first-order valence-electron chi connectivity index (χ1n) is 2.84. The van der Waals surface area contributed by atoms with Crippen molar-refractivity contribution in [1.82, 2.24) is 7.96 Å². The molecule has 0 fully saturated rings. The summed E-state index contributed by atoms with van der Waals surface area (Å²) in [6, 6.07) is 5.61. The monoisotopic (exact) mass is 199 g/mol. The van der Waals surface area contributed by atoms with E-state index in [9.17, 15) is 0 Å². The molecule has 0 spiro atoms. The Kier molecular flexibility index (Phi) is 1.22. The van der Waals surface area contributed by atoms with E-state index in [2.05, 4.69) is 7.96 Å². The Hall–Kier alpha value is -0.861. The summed E-state index contributed by atoms with van der Waals surface area (Å²) in [5, 5.41) is 0. The summed E-state index contributed by atoms with van der Waals surface area (Å²) in [6.45, 7) is 0. The van der Waals surface area contributed by atoms with Crippen LogP contribution in [0.2, 0.25) is 0 Å². The second-order valence-corrected chi connectivity index (χ2v) is 3.12. The van der Waals surface area contributed by atoms with Crippen LogP contribution < -0.4 is 5.73 Å². The molecule has 2 aromatic rings. The van der Waals surface area contributed by atoms with Gasteiger partial charge in [0.2, 0.25) is 0 Å². The first kappa shape index (κ1) is 5.89. The number of nitrogens with zero attached hydrogens (tertiary/aromatic N) is 2. The van der Waals surface area contributed by atoms with Gasteiger partial charge in [0.25, 0.3) is 0 Å². The minimum atomic E-state index is 0.0656. The molecular formula is C6H5N3Se. The molecule has 0 saturated carbocycles. The van der Waals surface area contributed by atoms with E-state index in [0.29, 0.717) is 0 Å². The number of aromatic nitrogens is 2. The molecule has 2 N–H and O–H groups in total. The summed E-state index contributed by atoms with van der Waals surface area (Å²) >= 11 is 0.0656. The average molecular weight is 198 g/mol. The van der Waals surface area contributed by atoms with Crippen LogP contribution in [-0.2, 0) is 0 Å². The maximum absolute atomic E-state index is 5.54. The van der Waals surface area contributed by atoms with Crippen molar-refractivity contribution >= 4 is 31.7 Å². The van der Waals surface area contributed by atoms with E-state index in [-0.39, 0.29) is 15.0 Å². The molecule has 4 heteroatoms. The predicted molar refractivity (Wildman–Crippen MR) is 40.9 cm³/mol. The Bertz CT molecular complexity index is 355. The summed E-state index contributed by atoms with van der Waals surface area (Å²) in [4.78, 5) is 0. The number of fused-ring (bicyclic) bond motifs is 1. The van der Waals surface area contributed by atoms with Crippen LogP contribution in [0.5, 0.6) is 0 Å².